The fraction of sp³-hybridized carbons (Fsp3) is 0.200. The van der Waals surface area contributed by atoms with E-state index in [0.29, 0.717) is 15.2 Å². The maximum absolute atomic E-state index is 6.24. The minimum atomic E-state index is 0.584. The van der Waals surface area contributed by atoms with Crippen LogP contribution >= 0.6 is 34.5 Å². The molecule has 0 atom stereocenters. The van der Waals surface area contributed by atoms with E-state index in [0.717, 1.165) is 29.9 Å². The molecule has 2 aromatic carbocycles. The van der Waals surface area contributed by atoms with Gasteiger partial charge < -0.3 is 4.90 Å². The van der Waals surface area contributed by atoms with Gasteiger partial charge in [-0.1, -0.05) is 35.3 Å². The van der Waals surface area contributed by atoms with Gasteiger partial charge >= 0.3 is 0 Å². The summed E-state index contributed by atoms with van der Waals surface area (Å²) < 4.78 is 0. The zero-order valence-corrected chi connectivity index (χ0v) is 16.9. The Hall–Kier alpha value is -2.08. The van der Waals surface area contributed by atoms with Crippen molar-refractivity contribution in [3.05, 3.63) is 63.5 Å². The average molecular weight is 417 g/mol. The van der Waals surface area contributed by atoms with Crippen LogP contribution in [0.1, 0.15) is 18.4 Å². The molecule has 0 bridgehead atoms. The molecule has 27 heavy (non-hydrogen) atoms. The molecule has 1 N–H and O–H groups in total. The molecule has 1 aliphatic heterocycles. The molecule has 1 saturated heterocycles. The van der Waals surface area contributed by atoms with Crippen molar-refractivity contribution in [2.24, 2.45) is 5.10 Å². The van der Waals surface area contributed by atoms with Gasteiger partial charge in [0.25, 0.3) is 0 Å². The van der Waals surface area contributed by atoms with Gasteiger partial charge in [-0.2, -0.15) is 5.10 Å². The van der Waals surface area contributed by atoms with E-state index in [1.54, 1.807) is 18.3 Å². The van der Waals surface area contributed by atoms with Crippen LogP contribution in [0.2, 0.25) is 10.0 Å². The number of rotatable bonds is 5. The van der Waals surface area contributed by atoms with Crippen LogP contribution in [-0.4, -0.2) is 24.3 Å². The van der Waals surface area contributed by atoms with Crippen molar-refractivity contribution in [2.45, 2.75) is 12.8 Å². The first kappa shape index (κ1) is 18.3. The van der Waals surface area contributed by atoms with Crippen molar-refractivity contribution in [3.8, 4) is 11.3 Å². The molecule has 1 fully saturated rings. The first-order chi connectivity index (χ1) is 13.2. The smallest absolute Gasteiger partial charge is 0.203 e. The molecule has 138 valence electrons. The highest BCUT2D eigenvalue weighted by Gasteiger charge is 2.11. The monoisotopic (exact) mass is 416 g/mol. The van der Waals surface area contributed by atoms with E-state index in [2.05, 4.69) is 44.7 Å². The summed E-state index contributed by atoms with van der Waals surface area (Å²) >= 11 is 13.7. The van der Waals surface area contributed by atoms with E-state index < -0.39 is 0 Å². The molecular formula is C20H18Cl2N4S. The van der Waals surface area contributed by atoms with E-state index in [-0.39, 0.29) is 0 Å². The molecular weight excluding hydrogens is 399 g/mol. The lowest BCUT2D eigenvalue weighted by Crippen LogP contribution is -2.17. The molecule has 4 nitrogen and oxygen atoms in total. The van der Waals surface area contributed by atoms with E-state index in [9.17, 15) is 0 Å². The Morgan fingerprint density at radius 1 is 1.07 bits per heavy atom. The van der Waals surface area contributed by atoms with Gasteiger partial charge in [0.05, 0.1) is 16.9 Å². The number of anilines is 2. The minimum absolute atomic E-state index is 0.584. The number of nitrogens with zero attached hydrogens (tertiary/aromatic N) is 3. The maximum Gasteiger partial charge on any atom is 0.203 e. The van der Waals surface area contributed by atoms with Crippen molar-refractivity contribution in [2.75, 3.05) is 23.4 Å². The van der Waals surface area contributed by atoms with E-state index in [1.165, 1.54) is 29.9 Å². The van der Waals surface area contributed by atoms with Crippen LogP contribution in [0.3, 0.4) is 0 Å². The lowest BCUT2D eigenvalue weighted by Gasteiger charge is -2.17. The predicted octanol–water partition coefficient (Wildman–Crippen LogP) is 6.16. The highest BCUT2D eigenvalue weighted by molar-refractivity contribution is 7.14. The molecule has 7 heteroatoms. The van der Waals surface area contributed by atoms with E-state index in [4.69, 9.17) is 23.2 Å². The maximum atomic E-state index is 6.24. The third kappa shape index (κ3) is 4.43. The molecule has 0 radical (unpaired) electrons. The Balaban J connectivity index is 1.39. The summed E-state index contributed by atoms with van der Waals surface area (Å²) in [6, 6.07) is 13.9. The SMILES string of the molecule is Clc1ccc(-c2csc(N/N=C/c3ccc(N4CCCC4)cc3)n2)c(Cl)c1. The Morgan fingerprint density at radius 3 is 2.59 bits per heavy atom. The number of thiazole rings is 1. The van der Waals surface area contributed by atoms with Crippen LogP contribution in [0.5, 0.6) is 0 Å². The Morgan fingerprint density at radius 2 is 1.85 bits per heavy atom. The fourth-order valence-electron chi connectivity index (χ4n) is 3.05. The molecule has 2 heterocycles. The predicted molar refractivity (Wildman–Crippen MR) is 117 cm³/mol. The van der Waals surface area contributed by atoms with E-state index in [1.807, 2.05) is 11.4 Å². The Bertz CT molecular complexity index is 947. The molecule has 4 rings (SSSR count). The summed E-state index contributed by atoms with van der Waals surface area (Å²) in [5.74, 6) is 0. The molecule has 0 amide bonds. The number of nitrogens with one attached hydrogen (secondary N) is 1. The third-order valence-corrected chi connectivity index (χ3v) is 5.74. The molecule has 0 spiro atoms. The van der Waals surface area contributed by atoms with Crippen LogP contribution in [0.4, 0.5) is 10.8 Å². The van der Waals surface area contributed by atoms with Gasteiger partial charge in [0.15, 0.2) is 0 Å². The van der Waals surface area contributed by atoms with Gasteiger partial charge in [0.2, 0.25) is 5.13 Å². The Labute approximate surface area is 172 Å². The standard InChI is InChI=1S/C20H18Cl2N4S/c21-15-5-8-17(18(22)11-15)19-13-27-20(24-19)25-23-12-14-3-6-16(7-4-14)26-9-1-2-10-26/h3-8,11-13H,1-2,9-10H2,(H,24,25)/b23-12+. The van der Waals surface area contributed by atoms with Gasteiger partial charge in [-0.05, 0) is 48.7 Å². The first-order valence-electron chi connectivity index (χ1n) is 8.74. The van der Waals surface area contributed by atoms with Crippen molar-refractivity contribution in [3.63, 3.8) is 0 Å². The van der Waals surface area contributed by atoms with Crippen LogP contribution in [-0.2, 0) is 0 Å². The molecule has 0 saturated carbocycles. The summed E-state index contributed by atoms with van der Waals surface area (Å²) in [4.78, 5) is 6.94. The topological polar surface area (TPSA) is 40.5 Å². The molecule has 1 aromatic heterocycles. The summed E-state index contributed by atoms with van der Waals surface area (Å²) in [7, 11) is 0. The number of aromatic nitrogens is 1. The number of hydrogen-bond acceptors (Lipinski definition) is 5. The minimum Gasteiger partial charge on any atom is -0.372 e. The highest BCUT2D eigenvalue weighted by Crippen LogP contribution is 2.32. The molecule has 0 aliphatic carbocycles. The second-order valence-corrected chi connectivity index (χ2v) is 8.02. The highest BCUT2D eigenvalue weighted by atomic mass is 35.5. The second kappa shape index (κ2) is 8.30. The zero-order chi connectivity index (χ0) is 18.6. The van der Waals surface area contributed by atoms with Gasteiger partial charge in [-0.3, -0.25) is 5.43 Å². The van der Waals surface area contributed by atoms with Crippen LogP contribution in [0.25, 0.3) is 11.3 Å². The van der Waals surface area contributed by atoms with Crippen LogP contribution in [0.15, 0.2) is 52.9 Å². The zero-order valence-electron chi connectivity index (χ0n) is 14.5. The first-order valence-corrected chi connectivity index (χ1v) is 10.4. The van der Waals surface area contributed by atoms with Gasteiger partial charge in [0.1, 0.15) is 0 Å². The van der Waals surface area contributed by atoms with Crippen molar-refractivity contribution < 1.29 is 0 Å². The van der Waals surface area contributed by atoms with Crippen molar-refractivity contribution in [1.29, 1.82) is 0 Å². The molecule has 0 unspecified atom stereocenters. The number of hydrogen-bond donors (Lipinski definition) is 1. The molecule has 3 aromatic rings. The largest absolute Gasteiger partial charge is 0.372 e. The van der Waals surface area contributed by atoms with Crippen LogP contribution in [0, 0.1) is 0 Å². The second-order valence-electron chi connectivity index (χ2n) is 6.32. The quantitative estimate of drug-likeness (QED) is 0.399. The van der Waals surface area contributed by atoms with Gasteiger partial charge in [-0.15, -0.1) is 11.3 Å². The summed E-state index contributed by atoms with van der Waals surface area (Å²) in [5.41, 5.74) is 6.96. The van der Waals surface area contributed by atoms with Gasteiger partial charge in [0, 0.05) is 34.7 Å². The summed E-state index contributed by atoms with van der Waals surface area (Å²) in [5, 5.41) is 8.13. The van der Waals surface area contributed by atoms with Crippen molar-refractivity contribution >= 4 is 51.6 Å². The summed E-state index contributed by atoms with van der Waals surface area (Å²) in [6.45, 7) is 2.30. The van der Waals surface area contributed by atoms with Crippen molar-refractivity contribution in [1.82, 2.24) is 4.98 Å². The number of halogens is 2. The Kier molecular flexibility index (Phi) is 5.62. The average Bonchev–Trinajstić information content (AvgIpc) is 3.34. The van der Waals surface area contributed by atoms with Crippen LogP contribution < -0.4 is 10.3 Å². The van der Waals surface area contributed by atoms with Gasteiger partial charge in [-0.25, -0.2) is 4.98 Å². The lowest BCUT2D eigenvalue weighted by molar-refractivity contribution is 0.949. The lowest BCUT2D eigenvalue weighted by atomic mass is 10.2. The van der Waals surface area contributed by atoms with E-state index >= 15 is 0 Å². The number of hydrazone groups is 1. The normalized spacial score (nSPS) is 14.2. The molecule has 1 aliphatic rings. The summed E-state index contributed by atoms with van der Waals surface area (Å²) in [6.07, 6.45) is 4.36. The fourth-order valence-corrected chi connectivity index (χ4v) is 4.22. The third-order valence-electron chi connectivity index (χ3n) is 4.45. The number of benzene rings is 2.